The average Bonchev–Trinajstić information content (AvgIpc) is 3.20. The van der Waals surface area contributed by atoms with E-state index in [2.05, 4.69) is 104 Å². The van der Waals surface area contributed by atoms with Gasteiger partial charge in [0.15, 0.2) is 8.24 Å². The van der Waals surface area contributed by atoms with Crippen LogP contribution in [0, 0.1) is 0 Å². The summed E-state index contributed by atoms with van der Waals surface area (Å²) in [5, 5.41) is 6.50. The highest BCUT2D eigenvalue weighted by molar-refractivity contribution is 7.99. The maximum Gasteiger partial charge on any atom is 0.317 e. The van der Waals surface area contributed by atoms with Gasteiger partial charge in [0, 0.05) is 53.4 Å². The molecule has 2 aliphatic rings. The Hall–Kier alpha value is -2.22. The second kappa shape index (κ2) is 10.6. The van der Waals surface area contributed by atoms with Crippen molar-refractivity contribution in [2.75, 3.05) is 26.7 Å². The molecule has 0 radical (unpaired) electrons. The van der Waals surface area contributed by atoms with Crippen LogP contribution < -0.4 is 5.32 Å². The van der Waals surface area contributed by atoms with Crippen LogP contribution in [0.2, 0.25) is 18.1 Å². The molecule has 5 rings (SSSR count). The van der Waals surface area contributed by atoms with Gasteiger partial charge < -0.3 is 19.3 Å². The Kier molecular flexibility index (Phi) is 7.72. The van der Waals surface area contributed by atoms with Gasteiger partial charge in [-0.25, -0.2) is 4.79 Å². The third-order valence-corrected chi connectivity index (χ3v) is 16.2. The first kappa shape index (κ1) is 28.3. The fourth-order valence-electron chi connectivity index (χ4n) is 6.57. The van der Waals surface area contributed by atoms with Gasteiger partial charge in [-0.2, -0.15) is 0 Å². The van der Waals surface area contributed by atoms with Crippen LogP contribution in [-0.2, 0) is 6.42 Å². The van der Waals surface area contributed by atoms with Crippen molar-refractivity contribution in [2.45, 2.75) is 93.5 Å². The summed E-state index contributed by atoms with van der Waals surface area (Å²) < 4.78 is 2.79. The highest BCUT2D eigenvalue weighted by atomic mass is 32.2. The van der Waals surface area contributed by atoms with Crippen molar-refractivity contribution in [3.8, 4) is 0 Å². The molecule has 0 unspecified atom stereocenters. The lowest BCUT2D eigenvalue weighted by molar-refractivity contribution is 0.123. The number of carbonyl (C=O) groups excluding carboxylic acids is 1. The molecule has 1 saturated heterocycles. The first-order chi connectivity index (χ1) is 18.5. The van der Waals surface area contributed by atoms with Gasteiger partial charge in [0.25, 0.3) is 0 Å². The Morgan fingerprint density at radius 1 is 1.08 bits per heavy atom. The number of likely N-dealkylation sites (tertiary alicyclic amines) is 1. The topological polar surface area (TPSA) is 40.5 Å². The van der Waals surface area contributed by atoms with E-state index < -0.39 is 8.24 Å². The number of amides is 2. The molecule has 5 nitrogen and oxygen atoms in total. The minimum absolute atomic E-state index is 0.0668. The summed E-state index contributed by atoms with van der Waals surface area (Å²) in [5.74, 6) is 0.409. The lowest BCUT2D eigenvalue weighted by Gasteiger charge is -2.46. The predicted molar refractivity (Wildman–Crippen MR) is 168 cm³/mol. The van der Waals surface area contributed by atoms with Gasteiger partial charge >= 0.3 is 6.03 Å². The summed E-state index contributed by atoms with van der Waals surface area (Å²) in [6.07, 6.45) is 2.05. The molecule has 1 aromatic heterocycles. The summed E-state index contributed by atoms with van der Waals surface area (Å²) in [4.78, 5) is 18.7. The Morgan fingerprint density at radius 3 is 2.41 bits per heavy atom. The van der Waals surface area contributed by atoms with Crippen molar-refractivity contribution in [3.63, 3.8) is 0 Å². The zero-order valence-corrected chi connectivity index (χ0v) is 26.9. The normalized spacial score (nSPS) is 21.6. The highest BCUT2D eigenvalue weighted by Crippen LogP contribution is 2.51. The number of hydrogen-bond acceptors (Lipinski definition) is 3. The summed E-state index contributed by atoms with van der Waals surface area (Å²) in [5.41, 5.74) is 4.40. The van der Waals surface area contributed by atoms with Gasteiger partial charge in [0.05, 0.1) is 5.03 Å². The summed E-state index contributed by atoms with van der Waals surface area (Å²) >= 11 is 1.95. The van der Waals surface area contributed by atoms with Crippen LogP contribution in [-0.4, -0.2) is 67.1 Å². The Balaban J connectivity index is 1.63. The third kappa shape index (κ3) is 4.95. The number of nitrogens with zero attached hydrogens (tertiary/aromatic N) is 3. The summed E-state index contributed by atoms with van der Waals surface area (Å²) in [6, 6.07) is 18.6. The first-order valence-corrected chi connectivity index (χ1v) is 18.4. The molecule has 3 atom stereocenters. The molecule has 2 aromatic carbocycles. The maximum atomic E-state index is 12.9. The fourth-order valence-corrected chi connectivity index (χ4v) is 10.5. The largest absolute Gasteiger partial charge is 0.363 e. The number of benzene rings is 2. The number of piperidine rings is 1. The molecule has 1 aliphatic carbocycles. The van der Waals surface area contributed by atoms with Crippen molar-refractivity contribution in [1.82, 2.24) is 19.3 Å². The zero-order chi connectivity index (χ0) is 28.1. The standard InChI is InChI=1S/C32H46N4OSSi/c1-9-35(10-2)31(37)33-22-19-25-24-17-14-18-27-29(24)26(20-28(25)34(6)21-22)30(38-23-15-12-11-13-16-23)36(27)39(7,8)32(3,4)5/h11-18,22,25,28H,9-10,19-21H2,1-8H3,(H,33,37)/t22-,25+,28+/m0/s1. The number of nitrogens with one attached hydrogen (secondary N) is 1. The second-order valence-electron chi connectivity index (χ2n) is 13.0. The maximum absolute atomic E-state index is 12.9. The number of carbonyl (C=O) groups is 1. The van der Waals surface area contributed by atoms with Crippen molar-refractivity contribution < 1.29 is 4.79 Å². The highest BCUT2D eigenvalue weighted by Gasteiger charge is 2.45. The molecule has 3 aromatic rings. The number of aromatic nitrogens is 1. The van der Waals surface area contributed by atoms with Crippen molar-refractivity contribution in [1.29, 1.82) is 0 Å². The molecule has 0 spiro atoms. The third-order valence-electron chi connectivity index (χ3n) is 9.70. The van der Waals surface area contributed by atoms with Crippen molar-refractivity contribution >= 4 is 36.9 Å². The predicted octanol–water partition coefficient (Wildman–Crippen LogP) is 7.41. The van der Waals surface area contributed by atoms with E-state index in [0.717, 1.165) is 32.5 Å². The Labute approximate surface area is 240 Å². The van der Waals surface area contributed by atoms with Crippen LogP contribution in [0.3, 0.4) is 0 Å². The van der Waals surface area contributed by atoms with Crippen LogP contribution >= 0.6 is 11.8 Å². The van der Waals surface area contributed by atoms with E-state index in [1.54, 1.807) is 0 Å². The van der Waals surface area contributed by atoms with Gasteiger partial charge in [0.2, 0.25) is 0 Å². The number of fused-ring (bicyclic) bond motifs is 2. The molecular weight excluding hydrogens is 517 g/mol. The van der Waals surface area contributed by atoms with Gasteiger partial charge in [-0.1, -0.05) is 76.0 Å². The molecule has 210 valence electrons. The fraction of sp³-hybridized carbons (Fsp3) is 0.531. The van der Waals surface area contributed by atoms with Crippen molar-refractivity contribution in [3.05, 3.63) is 59.7 Å². The van der Waals surface area contributed by atoms with Gasteiger partial charge in [-0.3, -0.25) is 0 Å². The van der Waals surface area contributed by atoms with Crippen LogP contribution in [0.15, 0.2) is 58.5 Å². The van der Waals surface area contributed by atoms with Crippen LogP contribution in [0.4, 0.5) is 4.79 Å². The molecular formula is C32H46N4OSSi. The van der Waals surface area contributed by atoms with E-state index in [-0.39, 0.29) is 17.1 Å². The average molecular weight is 563 g/mol. The van der Waals surface area contributed by atoms with Crippen LogP contribution in [0.25, 0.3) is 10.9 Å². The van der Waals surface area contributed by atoms with E-state index in [4.69, 9.17) is 0 Å². The van der Waals surface area contributed by atoms with Crippen LogP contribution in [0.1, 0.15) is 58.1 Å². The number of rotatable bonds is 6. The number of urea groups is 1. The van der Waals surface area contributed by atoms with Gasteiger partial charge in [-0.05, 0) is 68.1 Å². The minimum Gasteiger partial charge on any atom is -0.363 e. The minimum atomic E-state index is -1.94. The lowest BCUT2D eigenvalue weighted by Crippen LogP contribution is -2.56. The Bertz CT molecular complexity index is 1340. The SMILES string of the molecule is CCN(CC)C(=O)N[C@H]1C[C@@H]2c3cccc4c3c(c(Sc3ccccc3)n4[Si](C)(C)C(C)(C)C)C[C@H]2N(C)C1. The molecule has 0 saturated carbocycles. The molecule has 1 aliphatic heterocycles. The smallest absolute Gasteiger partial charge is 0.317 e. The molecule has 1 N–H and O–H groups in total. The number of likely N-dealkylation sites (N-methyl/N-ethyl adjacent to an activating group) is 1. The monoisotopic (exact) mass is 562 g/mol. The molecule has 2 amide bonds. The molecule has 7 heteroatoms. The molecule has 2 heterocycles. The van der Waals surface area contributed by atoms with E-state index >= 15 is 0 Å². The zero-order valence-electron chi connectivity index (χ0n) is 25.0. The summed E-state index contributed by atoms with van der Waals surface area (Å²) in [7, 11) is 0.320. The molecule has 39 heavy (non-hydrogen) atoms. The quantitative estimate of drug-likeness (QED) is 0.318. The Morgan fingerprint density at radius 2 is 1.77 bits per heavy atom. The van der Waals surface area contributed by atoms with Gasteiger partial charge in [0.1, 0.15) is 0 Å². The first-order valence-electron chi connectivity index (χ1n) is 14.6. The van der Waals surface area contributed by atoms with E-state index in [0.29, 0.717) is 12.0 Å². The molecule has 0 bridgehead atoms. The van der Waals surface area contributed by atoms with Crippen molar-refractivity contribution in [2.24, 2.45) is 0 Å². The van der Waals surface area contributed by atoms with Gasteiger partial charge in [-0.15, -0.1) is 0 Å². The second-order valence-corrected chi connectivity index (χ2v) is 19.1. The number of hydrogen-bond donors (Lipinski definition) is 1. The van der Waals surface area contributed by atoms with Crippen LogP contribution in [0.5, 0.6) is 0 Å². The van der Waals surface area contributed by atoms with E-state index in [1.165, 1.54) is 32.0 Å². The van der Waals surface area contributed by atoms with E-state index in [1.807, 2.05) is 30.5 Å². The lowest BCUT2D eigenvalue weighted by atomic mass is 9.74. The summed E-state index contributed by atoms with van der Waals surface area (Å²) in [6.45, 7) is 18.8. The molecule has 1 fully saturated rings. The van der Waals surface area contributed by atoms with E-state index in [9.17, 15) is 4.79 Å².